The molecule has 0 heterocycles. The zero-order chi connectivity index (χ0) is 15.1. The van der Waals surface area contributed by atoms with Crippen molar-refractivity contribution in [2.75, 3.05) is 39.3 Å². The summed E-state index contributed by atoms with van der Waals surface area (Å²) in [5.74, 6) is 0. The van der Waals surface area contributed by atoms with E-state index in [-0.39, 0.29) is 0 Å². The maximum Gasteiger partial charge on any atom is 0.261 e. The fourth-order valence-corrected chi connectivity index (χ4v) is 1.48. The molecular weight excluding hydrogens is 264 g/mol. The Morgan fingerprint density at radius 3 is 2.21 bits per heavy atom. The third-order valence-electron chi connectivity index (χ3n) is 2.46. The molecular formula is C13H24N2O3S. The average molecular weight is 288 g/mol. The van der Waals surface area contributed by atoms with Crippen molar-refractivity contribution in [3.8, 4) is 0 Å². The number of rotatable bonds is 4. The van der Waals surface area contributed by atoms with Gasteiger partial charge < -0.3 is 10.2 Å². The summed E-state index contributed by atoms with van der Waals surface area (Å²) < 4.78 is 25.9. The standard InChI is InChI=1S/C12H20N2.CH4O3S/c1-10-9-12(13-2)6-5-11(10)7-8-14(3)4;1-5(2,3)4/h5-6,9,13H,7-8H2,1-4H3;1H3,(H,2,3,4). The van der Waals surface area contributed by atoms with Gasteiger partial charge in [0.2, 0.25) is 0 Å². The highest BCUT2D eigenvalue weighted by molar-refractivity contribution is 7.85. The molecule has 19 heavy (non-hydrogen) atoms. The summed E-state index contributed by atoms with van der Waals surface area (Å²) in [5.41, 5.74) is 4.01. The average Bonchev–Trinajstić information content (AvgIpc) is 2.24. The second kappa shape index (κ2) is 8.14. The third-order valence-corrected chi connectivity index (χ3v) is 2.46. The molecule has 0 aliphatic heterocycles. The van der Waals surface area contributed by atoms with Gasteiger partial charge in [-0.2, -0.15) is 8.42 Å². The zero-order valence-corrected chi connectivity index (χ0v) is 13.1. The van der Waals surface area contributed by atoms with Crippen molar-refractivity contribution < 1.29 is 13.0 Å². The van der Waals surface area contributed by atoms with Crippen molar-refractivity contribution in [3.63, 3.8) is 0 Å². The van der Waals surface area contributed by atoms with Gasteiger partial charge in [0.15, 0.2) is 0 Å². The Balaban J connectivity index is 0.000000555. The van der Waals surface area contributed by atoms with Gasteiger partial charge in [-0.1, -0.05) is 6.07 Å². The number of nitrogens with one attached hydrogen (secondary N) is 1. The van der Waals surface area contributed by atoms with Crippen LogP contribution in [0.3, 0.4) is 0 Å². The van der Waals surface area contributed by atoms with Crippen molar-refractivity contribution in [1.29, 1.82) is 0 Å². The molecule has 1 aromatic carbocycles. The van der Waals surface area contributed by atoms with E-state index in [2.05, 4.69) is 49.4 Å². The van der Waals surface area contributed by atoms with E-state index in [4.69, 9.17) is 4.55 Å². The monoisotopic (exact) mass is 288 g/mol. The SMILES string of the molecule is CNc1ccc(CCN(C)C)c(C)c1.CS(=O)(=O)O. The van der Waals surface area contributed by atoms with Gasteiger partial charge >= 0.3 is 0 Å². The van der Waals surface area contributed by atoms with E-state index in [0.29, 0.717) is 6.26 Å². The second-order valence-corrected chi connectivity index (χ2v) is 6.14. The van der Waals surface area contributed by atoms with Crippen LogP contribution in [0.5, 0.6) is 0 Å². The number of benzene rings is 1. The fraction of sp³-hybridized carbons (Fsp3) is 0.538. The van der Waals surface area contributed by atoms with Crippen molar-refractivity contribution >= 4 is 15.8 Å². The van der Waals surface area contributed by atoms with Crippen molar-refractivity contribution in [3.05, 3.63) is 29.3 Å². The first-order valence-electron chi connectivity index (χ1n) is 5.98. The van der Waals surface area contributed by atoms with E-state index in [1.807, 2.05) is 7.05 Å². The minimum Gasteiger partial charge on any atom is -0.388 e. The maximum atomic E-state index is 9.19. The van der Waals surface area contributed by atoms with Crippen LogP contribution in [0.15, 0.2) is 18.2 Å². The molecule has 0 saturated carbocycles. The van der Waals surface area contributed by atoms with Crippen LogP contribution in [0.2, 0.25) is 0 Å². The van der Waals surface area contributed by atoms with Crippen LogP contribution in [-0.4, -0.2) is 51.8 Å². The summed E-state index contributed by atoms with van der Waals surface area (Å²) in [6.07, 6.45) is 1.84. The Morgan fingerprint density at radius 1 is 1.32 bits per heavy atom. The molecule has 0 aromatic heterocycles. The number of aryl methyl sites for hydroxylation is 1. The van der Waals surface area contributed by atoms with Crippen LogP contribution in [-0.2, 0) is 16.5 Å². The van der Waals surface area contributed by atoms with E-state index in [0.717, 1.165) is 13.0 Å². The molecule has 6 heteroatoms. The Kier molecular flexibility index (Phi) is 7.66. The molecule has 1 aromatic rings. The summed E-state index contributed by atoms with van der Waals surface area (Å²) in [7, 11) is 2.50. The van der Waals surface area contributed by atoms with Gasteiger partial charge in [0.25, 0.3) is 10.1 Å². The van der Waals surface area contributed by atoms with E-state index >= 15 is 0 Å². The number of hydrogen-bond acceptors (Lipinski definition) is 4. The van der Waals surface area contributed by atoms with Gasteiger partial charge in [-0.05, 0) is 50.7 Å². The predicted molar refractivity (Wildman–Crippen MR) is 80.5 cm³/mol. The van der Waals surface area contributed by atoms with Crippen molar-refractivity contribution in [2.45, 2.75) is 13.3 Å². The molecule has 1 rings (SSSR count). The van der Waals surface area contributed by atoms with Gasteiger partial charge in [0.05, 0.1) is 6.26 Å². The lowest BCUT2D eigenvalue weighted by Crippen LogP contribution is -2.15. The Hall–Kier alpha value is -1.11. The van der Waals surface area contributed by atoms with Crippen LogP contribution < -0.4 is 5.32 Å². The second-order valence-electron chi connectivity index (χ2n) is 4.68. The summed E-state index contributed by atoms with van der Waals surface area (Å²) in [4.78, 5) is 2.21. The highest BCUT2D eigenvalue weighted by Crippen LogP contribution is 2.15. The lowest BCUT2D eigenvalue weighted by Gasteiger charge is -2.12. The summed E-state index contributed by atoms with van der Waals surface area (Å²) in [6, 6.07) is 6.55. The minimum absolute atomic E-state index is 0.715. The molecule has 0 aliphatic carbocycles. The summed E-state index contributed by atoms with van der Waals surface area (Å²) >= 11 is 0. The molecule has 110 valence electrons. The quantitative estimate of drug-likeness (QED) is 0.824. The van der Waals surface area contributed by atoms with Crippen LogP contribution in [0.4, 0.5) is 5.69 Å². The van der Waals surface area contributed by atoms with Gasteiger partial charge in [0, 0.05) is 19.3 Å². The molecule has 0 saturated heterocycles. The molecule has 0 fully saturated rings. The molecule has 0 atom stereocenters. The lowest BCUT2D eigenvalue weighted by molar-refractivity contribution is 0.413. The first kappa shape index (κ1) is 17.9. The Bertz CT molecular complexity index is 477. The fourth-order valence-electron chi connectivity index (χ4n) is 1.48. The summed E-state index contributed by atoms with van der Waals surface area (Å²) in [5, 5.41) is 3.15. The van der Waals surface area contributed by atoms with Crippen molar-refractivity contribution in [1.82, 2.24) is 4.90 Å². The van der Waals surface area contributed by atoms with Gasteiger partial charge in [-0.3, -0.25) is 4.55 Å². The molecule has 0 aliphatic rings. The van der Waals surface area contributed by atoms with Crippen LogP contribution >= 0.6 is 0 Å². The maximum absolute atomic E-state index is 9.19. The molecule has 0 amide bonds. The van der Waals surface area contributed by atoms with Gasteiger partial charge in [0.1, 0.15) is 0 Å². The number of anilines is 1. The van der Waals surface area contributed by atoms with Gasteiger partial charge in [-0.25, -0.2) is 0 Å². The summed E-state index contributed by atoms with van der Waals surface area (Å²) in [6.45, 7) is 3.28. The Morgan fingerprint density at radius 2 is 1.84 bits per heavy atom. The van der Waals surface area contributed by atoms with E-state index < -0.39 is 10.1 Å². The van der Waals surface area contributed by atoms with Crippen LogP contribution in [0.25, 0.3) is 0 Å². The van der Waals surface area contributed by atoms with Crippen LogP contribution in [0, 0.1) is 6.92 Å². The molecule has 2 N–H and O–H groups in total. The first-order valence-corrected chi connectivity index (χ1v) is 7.82. The van der Waals surface area contributed by atoms with E-state index in [9.17, 15) is 8.42 Å². The lowest BCUT2D eigenvalue weighted by atomic mass is 10.0. The van der Waals surface area contributed by atoms with E-state index in [1.165, 1.54) is 16.8 Å². The third kappa shape index (κ3) is 10.5. The normalized spacial score (nSPS) is 10.9. The van der Waals surface area contributed by atoms with Crippen molar-refractivity contribution in [2.24, 2.45) is 0 Å². The zero-order valence-electron chi connectivity index (χ0n) is 12.3. The molecule has 0 unspecified atom stereocenters. The highest BCUT2D eigenvalue weighted by Gasteiger charge is 1.99. The van der Waals surface area contributed by atoms with Gasteiger partial charge in [-0.15, -0.1) is 0 Å². The predicted octanol–water partition coefficient (Wildman–Crippen LogP) is 1.64. The minimum atomic E-state index is -3.67. The number of nitrogens with zero attached hydrogens (tertiary/aromatic N) is 1. The molecule has 5 nitrogen and oxygen atoms in total. The molecule has 0 spiro atoms. The van der Waals surface area contributed by atoms with Crippen LogP contribution in [0.1, 0.15) is 11.1 Å². The Labute approximate surface area is 116 Å². The highest BCUT2D eigenvalue weighted by atomic mass is 32.2. The number of hydrogen-bond donors (Lipinski definition) is 2. The molecule has 0 radical (unpaired) electrons. The number of likely N-dealkylation sites (N-methyl/N-ethyl adjacent to an activating group) is 1. The molecule has 0 bridgehead atoms. The topological polar surface area (TPSA) is 69.6 Å². The largest absolute Gasteiger partial charge is 0.388 e. The smallest absolute Gasteiger partial charge is 0.261 e. The van der Waals surface area contributed by atoms with E-state index in [1.54, 1.807) is 0 Å². The first-order chi connectivity index (χ1) is 8.63.